The topological polar surface area (TPSA) is 73.1 Å². The van der Waals surface area contributed by atoms with Crippen LogP contribution in [0.25, 0.3) is 0 Å². The molecule has 7 heteroatoms. The fraction of sp³-hybridized carbons (Fsp3) is 0.429. The van der Waals surface area contributed by atoms with E-state index in [2.05, 4.69) is 15.5 Å². The molecule has 1 aliphatic heterocycles. The Labute approximate surface area is 122 Å². The fourth-order valence-corrected chi connectivity index (χ4v) is 2.34. The molecule has 1 aliphatic rings. The molecular formula is C14H17N5O2. The van der Waals surface area contributed by atoms with Gasteiger partial charge in [0.05, 0.1) is 0 Å². The van der Waals surface area contributed by atoms with Crippen molar-refractivity contribution in [3.63, 3.8) is 0 Å². The zero-order valence-electron chi connectivity index (χ0n) is 11.9. The van der Waals surface area contributed by atoms with E-state index < -0.39 is 0 Å². The Balaban J connectivity index is 1.68. The van der Waals surface area contributed by atoms with Gasteiger partial charge in [-0.2, -0.15) is 0 Å². The van der Waals surface area contributed by atoms with Gasteiger partial charge in [0.25, 0.3) is 5.91 Å². The highest BCUT2D eigenvalue weighted by atomic mass is 16.5. The van der Waals surface area contributed by atoms with Gasteiger partial charge >= 0.3 is 0 Å². The summed E-state index contributed by atoms with van der Waals surface area (Å²) in [5.41, 5.74) is 0.658. The summed E-state index contributed by atoms with van der Waals surface area (Å²) in [6.45, 7) is 1.95. The number of carbonyl (C=O) groups is 1. The molecule has 7 nitrogen and oxygen atoms in total. The van der Waals surface area contributed by atoms with Crippen molar-refractivity contribution >= 4 is 5.91 Å². The van der Waals surface area contributed by atoms with Gasteiger partial charge in [0.15, 0.2) is 5.82 Å². The first-order valence-corrected chi connectivity index (χ1v) is 6.97. The van der Waals surface area contributed by atoms with E-state index >= 15 is 0 Å². The van der Waals surface area contributed by atoms with Gasteiger partial charge in [-0.25, -0.2) is 4.68 Å². The third kappa shape index (κ3) is 3.01. The van der Waals surface area contributed by atoms with Crippen molar-refractivity contribution in [2.75, 3.05) is 13.1 Å². The number of likely N-dealkylation sites (tertiary alicyclic amines) is 1. The molecule has 21 heavy (non-hydrogen) atoms. The Morgan fingerprint density at radius 2 is 2.14 bits per heavy atom. The molecule has 1 aromatic carbocycles. The van der Waals surface area contributed by atoms with Gasteiger partial charge in [-0.05, 0) is 41.5 Å². The average molecular weight is 287 g/mol. The third-order valence-corrected chi connectivity index (χ3v) is 3.55. The molecule has 0 unspecified atom stereocenters. The van der Waals surface area contributed by atoms with Crippen molar-refractivity contribution < 1.29 is 9.53 Å². The molecule has 0 atom stereocenters. The van der Waals surface area contributed by atoms with Crippen molar-refractivity contribution in [3.8, 4) is 5.75 Å². The molecular weight excluding hydrogens is 270 g/mol. The van der Waals surface area contributed by atoms with Crippen LogP contribution in [0.15, 0.2) is 24.3 Å². The zero-order valence-corrected chi connectivity index (χ0v) is 11.9. The summed E-state index contributed by atoms with van der Waals surface area (Å²) < 4.78 is 7.21. The molecule has 0 saturated carbocycles. The quantitative estimate of drug-likeness (QED) is 0.839. The number of nitrogens with zero attached hydrogens (tertiary/aromatic N) is 5. The van der Waals surface area contributed by atoms with Crippen LogP contribution in [-0.4, -0.2) is 44.1 Å². The molecule has 1 aromatic heterocycles. The number of aromatic nitrogens is 4. The van der Waals surface area contributed by atoms with E-state index in [1.807, 2.05) is 23.1 Å². The molecule has 1 fully saturated rings. The molecule has 1 saturated heterocycles. The molecule has 2 aromatic rings. The van der Waals surface area contributed by atoms with Crippen molar-refractivity contribution in [2.45, 2.75) is 19.4 Å². The van der Waals surface area contributed by atoms with E-state index in [1.165, 1.54) is 0 Å². The molecule has 2 heterocycles. The second-order valence-corrected chi connectivity index (χ2v) is 5.03. The maximum atomic E-state index is 12.3. The van der Waals surface area contributed by atoms with E-state index in [-0.39, 0.29) is 12.5 Å². The SMILES string of the molecule is Cn1nnnc1COc1cccc(C(=O)N2CCCC2)c1. The van der Waals surface area contributed by atoms with Crippen LogP contribution in [0.3, 0.4) is 0 Å². The third-order valence-electron chi connectivity index (χ3n) is 3.55. The van der Waals surface area contributed by atoms with Gasteiger partial charge < -0.3 is 9.64 Å². The van der Waals surface area contributed by atoms with Gasteiger partial charge in [-0.3, -0.25) is 4.79 Å². The monoisotopic (exact) mass is 287 g/mol. The summed E-state index contributed by atoms with van der Waals surface area (Å²) in [6.07, 6.45) is 2.17. The predicted molar refractivity (Wildman–Crippen MR) is 74.7 cm³/mol. The van der Waals surface area contributed by atoms with Crippen molar-refractivity contribution in [1.29, 1.82) is 0 Å². The van der Waals surface area contributed by atoms with Gasteiger partial charge in [-0.1, -0.05) is 6.07 Å². The summed E-state index contributed by atoms with van der Waals surface area (Å²) in [6, 6.07) is 7.24. The fourth-order valence-electron chi connectivity index (χ4n) is 2.34. The van der Waals surface area contributed by atoms with Crippen LogP contribution in [-0.2, 0) is 13.7 Å². The normalized spacial score (nSPS) is 14.4. The van der Waals surface area contributed by atoms with E-state index in [4.69, 9.17) is 4.74 Å². The lowest BCUT2D eigenvalue weighted by Gasteiger charge is -2.15. The first kappa shape index (κ1) is 13.5. The summed E-state index contributed by atoms with van der Waals surface area (Å²) in [5, 5.41) is 11.1. The molecule has 0 bridgehead atoms. The Morgan fingerprint density at radius 1 is 1.33 bits per heavy atom. The predicted octanol–water partition coefficient (Wildman–Crippen LogP) is 1.03. The van der Waals surface area contributed by atoms with Crippen LogP contribution >= 0.6 is 0 Å². The van der Waals surface area contributed by atoms with Crippen LogP contribution in [0, 0.1) is 0 Å². The van der Waals surface area contributed by atoms with Crippen molar-refractivity contribution in [1.82, 2.24) is 25.1 Å². The largest absolute Gasteiger partial charge is 0.486 e. The van der Waals surface area contributed by atoms with Crippen molar-refractivity contribution in [2.24, 2.45) is 7.05 Å². The molecule has 0 spiro atoms. The Morgan fingerprint density at radius 3 is 2.86 bits per heavy atom. The summed E-state index contributed by atoms with van der Waals surface area (Å²) in [5.74, 6) is 1.34. The molecule has 0 radical (unpaired) electrons. The number of hydrogen-bond acceptors (Lipinski definition) is 5. The summed E-state index contributed by atoms with van der Waals surface area (Å²) >= 11 is 0. The number of ether oxygens (including phenoxy) is 1. The minimum Gasteiger partial charge on any atom is -0.486 e. The minimum atomic E-state index is 0.0678. The second kappa shape index (κ2) is 5.90. The van der Waals surface area contributed by atoms with Gasteiger partial charge in [-0.15, -0.1) is 5.10 Å². The second-order valence-electron chi connectivity index (χ2n) is 5.03. The maximum Gasteiger partial charge on any atom is 0.253 e. The van der Waals surface area contributed by atoms with E-state index in [9.17, 15) is 4.79 Å². The first-order valence-electron chi connectivity index (χ1n) is 6.97. The molecule has 3 rings (SSSR count). The van der Waals surface area contributed by atoms with Crippen LogP contribution in [0.2, 0.25) is 0 Å². The highest BCUT2D eigenvalue weighted by molar-refractivity contribution is 5.94. The van der Waals surface area contributed by atoms with Gasteiger partial charge in [0.1, 0.15) is 12.4 Å². The molecule has 0 aliphatic carbocycles. The number of aryl methyl sites for hydroxylation is 1. The Kier molecular flexibility index (Phi) is 3.81. The standard InChI is InChI=1S/C14H17N5O2/c1-18-13(15-16-17-18)10-21-12-6-4-5-11(9-12)14(20)19-7-2-3-8-19/h4-6,9H,2-3,7-8,10H2,1H3. The van der Waals surface area contributed by atoms with Gasteiger partial charge in [0.2, 0.25) is 0 Å². The molecule has 110 valence electrons. The average Bonchev–Trinajstić information content (AvgIpc) is 3.16. The number of tetrazole rings is 1. The highest BCUT2D eigenvalue weighted by Gasteiger charge is 2.19. The zero-order chi connectivity index (χ0) is 14.7. The number of hydrogen-bond donors (Lipinski definition) is 0. The van der Waals surface area contributed by atoms with E-state index in [1.54, 1.807) is 17.8 Å². The van der Waals surface area contributed by atoms with Crippen LogP contribution in [0.4, 0.5) is 0 Å². The number of rotatable bonds is 4. The van der Waals surface area contributed by atoms with Crippen LogP contribution in [0.1, 0.15) is 29.0 Å². The lowest BCUT2D eigenvalue weighted by atomic mass is 10.2. The van der Waals surface area contributed by atoms with E-state index in [0.717, 1.165) is 25.9 Å². The lowest BCUT2D eigenvalue weighted by molar-refractivity contribution is 0.0792. The van der Waals surface area contributed by atoms with Gasteiger partial charge in [0, 0.05) is 25.7 Å². The smallest absolute Gasteiger partial charge is 0.253 e. The highest BCUT2D eigenvalue weighted by Crippen LogP contribution is 2.18. The minimum absolute atomic E-state index is 0.0678. The number of carbonyl (C=O) groups excluding carboxylic acids is 1. The molecule has 0 N–H and O–H groups in total. The van der Waals surface area contributed by atoms with Crippen molar-refractivity contribution in [3.05, 3.63) is 35.7 Å². The Bertz CT molecular complexity index is 634. The maximum absolute atomic E-state index is 12.3. The summed E-state index contributed by atoms with van der Waals surface area (Å²) in [7, 11) is 1.76. The molecule has 1 amide bonds. The summed E-state index contributed by atoms with van der Waals surface area (Å²) in [4.78, 5) is 14.2. The number of benzene rings is 1. The van der Waals surface area contributed by atoms with Crippen LogP contribution in [0.5, 0.6) is 5.75 Å². The van der Waals surface area contributed by atoms with E-state index in [0.29, 0.717) is 17.1 Å². The Hall–Kier alpha value is -2.44. The number of amides is 1. The first-order chi connectivity index (χ1) is 10.2. The lowest BCUT2D eigenvalue weighted by Crippen LogP contribution is -2.27. The van der Waals surface area contributed by atoms with Crippen LogP contribution < -0.4 is 4.74 Å².